The van der Waals surface area contributed by atoms with Gasteiger partial charge in [0.25, 0.3) is 0 Å². The maximum Gasteiger partial charge on any atom is -0.00443 e. The molecule has 0 atom stereocenters. The molecule has 0 aliphatic heterocycles. The van der Waals surface area contributed by atoms with Gasteiger partial charge in [-0.15, -0.1) is 0 Å². The van der Waals surface area contributed by atoms with Gasteiger partial charge in [0.05, 0.1) is 0 Å². The fourth-order valence-electron chi connectivity index (χ4n) is 3.94. The summed E-state index contributed by atoms with van der Waals surface area (Å²) >= 11 is 0. The Labute approximate surface area is 119 Å². The summed E-state index contributed by atoms with van der Waals surface area (Å²) in [5.74, 6) is 0. The van der Waals surface area contributed by atoms with E-state index in [4.69, 9.17) is 0 Å². The maximum absolute atomic E-state index is 2.40. The summed E-state index contributed by atoms with van der Waals surface area (Å²) < 4.78 is 0. The van der Waals surface area contributed by atoms with E-state index in [1.54, 1.807) is 5.56 Å². The zero-order valence-electron chi connectivity index (χ0n) is 12.9. The van der Waals surface area contributed by atoms with Crippen molar-refractivity contribution in [1.29, 1.82) is 0 Å². The Morgan fingerprint density at radius 3 is 2.37 bits per heavy atom. The van der Waals surface area contributed by atoms with E-state index in [2.05, 4.69) is 38.1 Å². The lowest BCUT2D eigenvalue weighted by molar-refractivity contribution is 0.264. The third-order valence-electron chi connectivity index (χ3n) is 5.04. The molecular weight excluding hydrogens is 228 g/mol. The fraction of sp³-hybridized carbons (Fsp3) is 0.684. The highest BCUT2D eigenvalue weighted by molar-refractivity contribution is 5.33. The van der Waals surface area contributed by atoms with Crippen LogP contribution >= 0.6 is 0 Å². The number of hydrogen-bond donors (Lipinski definition) is 0. The molecule has 1 saturated carbocycles. The van der Waals surface area contributed by atoms with E-state index in [1.807, 2.05) is 0 Å². The number of benzene rings is 1. The fourth-order valence-corrected chi connectivity index (χ4v) is 3.94. The summed E-state index contributed by atoms with van der Waals surface area (Å²) in [4.78, 5) is 0. The van der Waals surface area contributed by atoms with Crippen LogP contribution in [0.2, 0.25) is 0 Å². The Hall–Kier alpha value is -0.780. The first-order valence-electron chi connectivity index (χ1n) is 8.35. The zero-order chi connectivity index (χ0) is 13.6. The molecule has 1 aromatic carbocycles. The van der Waals surface area contributed by atoms with Gasteiger partial charge in [-0.2, -0.15) is 0 Å². The van der Waals surface area contributed by atoms with Crippen molar-refractivity contribution in [3.63, 3.8) is 0 Å². The highest BCUT2D eigenvalue weighted by Crippen LogP contribution is 2.44. The zero-order valence-corrected chi connectivity index (χ0v) is 12.9. The van der Waals surface area contributed by atoms with Gasteiger partial charge in [-0.05, 0) is 42.7 Å². The smallest absolute Gasteiger partial charge is 0.00443 e. The van der Waals surface area contributed by atoms with Gasteiger partial charge < -0.3 is 0 Å². The van der Waals surface area contributed by atoms with Crippen molar-refractivity contribution in [3.05, 3.63) is 35.4 Å². The molecule has 1 aliphatic rings. The minimum atomic E-state index is 0.511. The summed E-state index contributed by atoms with van der Waals surface area (Å²) in [6.07, 6.45) is 14.2. The molecule has 2 rings (SSSR count). The van der Waals surface area contributed by atoms with E-state index in [0.717, 1.165) is 0 Å². The van der Waals surface area contributed by atoms with Crippen molar-refractivity contribution in [2.75, 3.05) is 0 Å². The molecule has 1 aliphatic carbocycles. The Balaban J connectivity index is 2.12. The molecule has 0 aromatic heterocycles. The summed E-state index contributed by atoms with van der Waals surface area (Å²) in [6, 6.07) is 9.13. The number of hydrogen-bond acceptors (Lipinski definition) is 0. The molecule has 0 bridgehead atoms. The quantitative estimate of drug-likeness (QED) is 0.535. The lowest BCUT2D eigenvalue weighted by Crippen LogP contribution is -2.30. The average Bonchev–Trinajstić information content (AvgIpc) is 2.45. The third-order valence-corrected chi connectivity index (χ3v) is 5.04. The maximum atomic E-state index is 2.40. The van der Waals surface area contributed by atoms with Crippen LogP contribution in [0.15, 0.2) is 24.3 Å². The topological polar surface area (TPSA) is 0 Å². The van der Waals surface area contributed by atoms with Crippen LogP contribution < -0.4 is 0 Å². The molecule has 0 amide bonds. The predicted molar refractivity (Wildman–Crippen MR) is 84.7 cm³/mol. The van der Waals surface area contributed by atoms with Gasteiger partial charge in [0.2, 0.25) is 0 Å². The molecule has 0 unspecified atom stereocenters. The lowest BCUT2D eigenvalue weighted by atomic mass is 9.65. The molecule has 19 heavy (non-hydrogen) atoms. The van der Waals surface area contributed by atoms with Gasteiger partial charge in [0.15, 0.2) is 0 Å². The van der Waals surface area contributed by atoms with Crippen molar-refractivity contribution >= 4 is 0 Å². The van der Waals surface area contributed by atoms with Crippen LogP contribution in [-0.2, 0) is 5.41 Å². The highest BCUT2D eigenvalue weighted by atomic mass is 14.4. The largest absolute Gasteiger partial charge is 0.0654 e. The average molecular weight is 258 g/mol. The van der Waals surface area contributed by atoms with Gasteiger partial charge in [0, 0.05) is 0 Å². The lowest BCUT2D eigenvalue weighted by Gasteiger charge is -2.39. The van der Waals surface area contributed by atoms with Gasteiger partial charge in [-0.25, -0.2) is 0 Å². The summed E-state index contributed by atoms with van der Waals surface area (Å²) in [5.41, 5.74) is 3.68. The van der Waals surface area contributed by atoms with Crippen molar-refractivity contribution in [2.24, 2.45) is 0 Å². The highest BCUT2D eigenvalue weighted by Gasteiger charge is 2.33. The van der Waals surface area contributed by atoms with Gasteiger partial charge in [-0.3, -0.25) is 0 Å². The molecule has 0 heterocycles. The summed E-state index contributed by atoms with van der Waals surface area (Å²) in [6.45, 7) is 4.61. The normalized spacial score (nSPS) is 18.4. The van der Waals surface area contributed by atoms with E-state index in [-0.39, 0.29) is 0 Å². The third kappa shape index (κ3) is 3.61. The Morgan fingerprint density at radius 2 is 1.68 bits per heavy atom. The predicted octanol–water partition coefficient (Wildman–Crippen LogP) is 6.17. The molecule has 1 fully saturated rings. The second-order valence-corrected chi connectivity index (χ2v) is 6.47. The molecular formula is C19H30. The Morgan fingerprint density at radius 1 is 0.947 bits per heavy atom. The van der Waals surface area contributed by atoms with E-state index >= 15 is 0 Å². The van der Waals surface area contributed by atoms with E-state index in [9.17, 15) is 0 Å². The van der Waals surface area contributed by atoms with Crippen LogP contribution in [0.4, 0.5) is 0 Å². The minimum Gasteiger partial charge on any atom is -0.0654 e. The molecule has 0 heteroatoms. The molecule has 0 radical (unpaired) electrons. The molecule has 0 spiro atoms. The van der Waals surface area contributed by atoms with Crippen LogP contribution in [0, 0.1) is 6.92 Å². The van der Waals surface area contributed by atoms with Crippen molar-refractivity contribution < 1.29 is 0 Å². The molecule has 1 aromatic rings. The minimum absolute atomic E-state index is 0.511. The number of rotatable bonds is 6. The first-order valence-corrected chi connectivity index (χ1v) is 8.35. The van der Waals surface area contributed by atoms with Gasteiger partial charge >= 0.3 is 0 Å². The second-order valence-electron chi connectivity index (χ2n) is 6.47. The monoisotopic (exact) mass is 258 g/mol. The Kier molecular flexibility index (Phi) is 5.48. The molecule has 0 saturated heterocycles. The molecule has 106 valence electrons. The van der Waals surface area contributed by atoms with Crippen LogP contribution in [0.1, 0.15) is 82.3 Å². The first-order chi connectivity index (χ1) is 9.28. The molecule has 0 N–H and O–H groups in total. The van der Waals surface area contributed by atoms with Crippen LogP contribution in [0.25, 0.3) is 0 Å². The number of aryl methyl sites for hydroxylation is 1. The second kappa shape index (κ2) is 7.12. The Bertz CT molecular complexity index is 371. The van der Waals surface area contributed by atoms with Crippen molar-refractivity contribution in [3.8, 4) is 0 Å². The first kappa shape index (κ1) is 14.6. The van der Waals surface area contributed by atoms with E-state index < -0.39 is 0 Å². The van der Waals surface area contributed by atoms with Crippen LogP contribution in [0.3, 0.4) is 0 Å². The number of unbranched alkanes of at least 4 members (excludes halogenated alkanes) is 3. The standard InChI is InChI=1S/C19H30/c1-3-4-5-9-14-19(15-10-6-11-16-19)18-13-8-7-12-17(18)2/h7-8,12-13H,3-6,9-11,14-16H2,1-2H3. The summed E-state index contributed by atoms with van der Waals surface area (Å²) in [5, 5.41) is 0. The van der Waals surface area contributed by atoms with Crippen LogP contribution in [-0.4, -0.2) is 0 Å². The van der Waals surface area contributed by atoms with E-state index in [0.29, 0.717) is 5.41 Å². The van der Waals surface area contributed by atoms with Crippen LogP contribution in [0.5, 0.6) is 0 Å². The van der Waals surface area contributed by atoms with Gasteiger partial charge in [0.1, 0.15) is 0 Å². The van der Waals surface area contributed by atoms with E-state index in [1.165, 1.54) is 69.8 Å². The summed E-state index contributed by atoms with van der Waals surface area (Å²) in [7, 11) is 0. The van der Waals surface area contributed by atoms with Crippen molar-refractivity contribution in [1.82, 2.24) is 0 Å². The molecule has 0 nitrogen and oxygen atoms in total. The SMILES string of the molecule is CCCCCCC1(c2ccccc2C)CCCCC1. The van der Waals surface area contributed by atoms with Crippen molar-refractivity contribution in [2.45, 2.75) is 83.5 Å². The van der Waals surface area contributed by atoms with Gasteiger partial charge in [-0.1, -0.05) is 76.1 Å².